The molecular formula is C21H28N2O7. The molecule has 0 aromatic heterocycles. The van der Waals surface area contributed by atoms with Crippen LogP contribution in [0, 0.1) is 0 Å². The molecule has 1 fully saturated rings. The fraction of sp³-hybridized carbons (Fsp3) is 0.571. The number of carbonyl (C=O) groups is 3. The highest BCUT2D eigenvalue weighted by molar-refractivity contribution is 5.99. The Kier molecular flexibility index (Phi) is 6.81. The number of nitrogens with zero attached hydrogens (tertiary/aromatic N) is 1. The van der Waals surface area contributed by atoms with Crippen LogP contribution in [0.1, 0.15) is 55.3 Å². The van der Waals surface area contributed by atoms with E-state index < -0.39 is 18.2 Å². The number of likely N-dealkylation sites (tertiary alicyclic amines) is 1. The first-order chi connectivity index (χ1) is 14.4. The van der Waals surface area contributed by atoms with Crippen molar-refractivity contribution in [2.24, 2.45) is 0 Å². The maximum atomic E-state index is 12.7. The number of cyclic esters (lactones) is 1. The molecule has 9 nitrogen and oxygen atoms in total. The highest BCUT2D eigenvalue weighted by Gasteiger charge is 2.47. The Morgan fingerprint density at radius 3 is 2.70 bits per heavy atom. The third-order valence-corrected chi connectivity index (χ3v) is 5.15. The SMILES string of the molecule is COc1ccc2c(c1OC)C(=O)O[C@@H]2N1C(=O)CC[C@@H]1C(=O)NCCCOC(C)C. The highest BCUT2D eigenvalue weighted by atomic mass is 16.6. The number of amides is 2. The van der Waals surface area contributed by atoms with Crippen LogP contribution in [0.2, 0.25) is 0 Å². The zero-order valence-corrected chi connectivity index (χ0v) is 17.7. The van der Waals surface area contributed by atoms with Gasteiger partial charge in [-0.05, 0) is 38.8 Å². The number of methoxy groups -OCH3 is 2. The number of ether oxygens (including phenoxy) is 4. The molecule has 164 valence electrons. The van der Waals surface area contributed by atoms with Crippen molar-refractivity contribution < 1.29 is 33.3 Å². The maximum Gasteiger partial charge on any atom is 0.344 e. The number of nitrogens with one attached hydrogen (secondary N) is 1. The molecule has 0 spiro atoms. The van der Waals surface area contributed by atoms with Crippen molar-refractivity contribution in [2.75, 3.05) is 27.4 Å². The van der Waals surface area contributed by atoms with Crippen LogP contribution < -0.4 is 14.8 Å². The summed E-state index contributed by atoms with van der Waals surface area (Å²) in [5, 5.41) is 2.85. The quantitative estimate of drug-likeness (QED) is 0.480. The van der Waals surface area contributed by atoms with Gasteiger partial charge in [0.2, 0.25) is 18.0 Å². The molecule has 1 aromatic rings. The number of fused-ring (bicyclic) bond motifs is 1. The van der Waals surface area contributed by atoms with E-state index in [2.05, 4.69) is 5.32 Å². The number of hydrogen-bond acceptors (Lipinski definition) is 7. The number of rotatable bonds is 9. The molecule has 1 N–H and O–H groups in total. The lowest BCUT2D eigenvalue weighted by atomic mass is 10.1. The van der Waals surface area contributed by atoms with E-state index in [1.807, 2.05) is 13.8 Å². The zero-order chi connectivity index (χ0) is 21.8. The van der Waals surface area contributed by atoms with Crippen LogP contribution in [0.3, 0.4) is 0 Å². The first-order valence-electron chi connectivity index (χ1n) is 10.0. The summed E-state index contributed by atoms with van der Waals surface area (Å²) < 4.78 is 21.5. The van der Waals surface area contributed by atoms with E-state index in [4.69, 9.17) is 18.9 Å². The van der Waals surface area contributed by atoms with E-state index in [1.165, 1.54) is 19.1 Å². The molecule has 2 heterocycles. The van der Waals surface area contributed by atoms with Crippen molar-refractivity contribution in [1.29, 1.82) is 0 Å². The summed E-state index contributed by atoms with van der Waals surface area (Å²) >= 11 is 0. The van der Waals surface area contributed by atoms with E-state index in [9.17, 15) is 14.4 Å². The number of esters is 1. The minimum absolute atomic E-state index is 0.136. The first-order valence-corrected chi connectivity index (χ1v) is 10.0. The normalized spacial score (nSPS) is 20.4. The van der Waals surface area contributed by atoms with Crippen LogP contribution in [-0.4, -0.2) is 62.2 Å². The second kappa shape index (κ2) is 9.34. The first kappa shape index (κ1) is 21.9. The lowest BCUT2D eigenvalue weighted by Gasteiger charge is -2.29. The molecule has 1 saturated heterocycles. The molecule has 0 bridgehead atoms. The average molecular weight is 420 g/mol. The summed E-state index contributed by atoms with van der Waals surface area (Å²) in [6.45, 7) is 4.88. The van der Waals surface area contributed by atoms with E-state index in [0.29, 0.717) is 37.3 Å². The van der Waals surface area contributed by atoms with Gasteiger partial charge in [-0.1, -0.05) is 0 Å². The topological polar surface area (TPSA) is 103 Å². The van der Waals surface area contributed by atoms with Gasteiger partial charge in [0.25, 0.3) is 0 Å². The van der Waals surface area contributed by atoms with Gasteiger partial charge in [0.05, 0.1) is 20.3 Å². The van der Waals surface area contributed by atoms with Gasteiger partial charge < -0.3 is 24.3 Å². The van der Waals surface area contributed by atoms with Crippen molar-refractivity contribution in [1.82, 2.24) is 10.2 Å². The summed E-state index contributed by atoms with van der Waals surface area (Å²) in [4.78, 5) is 39.3. The fourth-order valence-corrected chi connectivity index (χ4v) is 3.76. The summed E-state index contributed by atoms with van der Waals surface area (Å²) in [6.07, 6.45) is 0.413. The smallest absolute Gasteiger partial charge is 0.344 e. The Morgan fingerprint density at radius 2 is 2.03 bits per heavy atom. The van der Waals surface area contributed by atoms with Gasteiger partial charge in [-0.2, -0.15) is 0 Å². The molecular weight excluding hydrogens is 392 g/mol. The lowest BCUT2D eigenvalue weighted by molar-refractivity contribution is -0.145. The monoisotopic (exact) mass is 420 g/mol. The van der Waals surface area contributed by atoms with Gasteiger partial charge in [-0.3, -0.25) is 14.5 Å². The number of benzene rings is 1. The van der Waals surface area contributed by atoms with Crippen LogP contribution in [0.5, 0.6) is 11.5 Å². The molecule has 0 aliphatic carbocycles. The minimum atomic E-state index is -0.970. The standard InChI is InChI=1S/C21H28N2O7/c1-12(2)29-11-5-10-22-19(25)14-7-9-16(24)23(14)20-13-6-8-15(27-3)18(28-4)17(13)21(26)30-20/h6,8,12,14,20H,5,7,9-11H2,1-4H3,(H,22,25)/t14-,20+/m1/s1. The van der Waals surface area contributed by atoms with E-state index in [0.717, 1.165) is 0 Å². The van der Waals surface area contributed by atoms with E-state index in [1.54, 1.807) is 12.1 Å². The zero-order valence-electron chi connectivity index (χ0n) is 17.7. The molecule has 1 aromatic carbocycles. The van der Waals surface area contributed by atoms with Crippen molar-refractivity contribution in [3.05, 3.63) is 23.3 Å². The predicted octanol–water partition coefficient (Wildman–Crippen LogP) is 1.80. The molecule has 0 saturated carbocycles. The van der Waals surface area contributed by atoms with Gasteiger partial charge >= 0.3 is 5.97 Å². The molecule has 2 aliphatic heterocycles. The van der Waals surface area contributed by atoms with Crippen LogP contribution in [0.15, 0.2) is 12.1 Å². The predicted molar refractivity (Wildman–Crippen MR) is 106 cm³/mol. The Labute approximate surface area is 175 Å². The van der Waals surface area contributed by atoms with Gasteiger partial charge in [-0.15, -0.1) is 0 Å². The van der Waals surface area contributed by atoms with Gasteiger partial charge in [-0.25, -0.2) is 4.79 Å². The highest BCUT2D eigenvalue weighted by Crippen LogP contribution is 2.45. The Hall–Kier alpha value is -2.81. The molecule has 2 amide bonds. The summed E-state index contributed by atoms with van der Waals surface area (Å²) in [5.74, 6) is -0.482. The van der Waals surface area contributed by atoms with Crippen LogP contribution in [0.4, 0.5) is 0 Å². The van der Waals surface area contributed by atoms with Crippen molar-refractivity contribution in [2.45, 2.75) is 51.5 Å². The minimum Gasteiger partial charge on any atom is -0.493 e. The second-order valence-corrected chi connectivity index (χ2v) is 7.44. The Bertz CT molecular complexity index is 824. The average Bonchev–Trinajstić information content (AvgIpc) is 3.26. The van der Waals surface area contributed by atoms with Crippen LogP contribution >= 0.6 is 0 Å². The third-order valence-electron chi connectivity index (χ3n) is 5.15. The van der Waals surface area contributed by atoms with Gasteiger partial charge in [0.15, 0.2) is 11.5 Å². The maximum absolute atomic E-state index is 12.7. The van der Waals surface area contributed by atoms with E-state index >= 15 is 0 Å². The molecule has 30 heavy (non-hydrogen) atoms. The largest absolute Gasteiger partial charge is 0.493 e. The Balaban J connectivity index is 1.76. The molecule has 0 radical (unpaired) electrons. The fourth-order valence-electron chi connectivity index (χ4n) is 3.76. The van der Waals surface area contributed by atoms with Gasteiger partial charge in [0.1, 0.15) is 11.6 Å². The molecule has 0 unspecified atom stereocenters. The second-order valence-electron chi connectivity index (χ2n) is 7.44. The van der Waals surface area contributed by atoms with Crippen molar-refractivity contribution >= 4 is 17.8 Å². The summed E-state index contributed by atoms with van der Waals surface area (Å²) in [6, 6.07) is 2.60. The van der Waals surface area contributed by atoms with Crippen LogP contribution in [-0.2, 0) is 19.1 Å². The summed E-state index contributed by atoms with van der Waals surface area (Å²) in [7, 11) is 2.90. The number of carbonyl (C=O) groups excluding carboxylic acids is 3. The molecule has 3 rings (SSSR count). The van der Waals surface area contributed by atoms with Crippen LogP contribution in [0.25, 0.3) is 0 Å². The third kappa shape index (κ3) is 4.21. The lowest BCUT2D eigenvalue weighted by Crippen LogP contribution is -2.46. The van der Waals surface area contributed by atoms with E-state index in [-0.39, 0.29) is 35.7 Å². The number of hydrogen-bond donors (Lipinski definition) is 1. The van der Waals surface area contributed by atoms with Gasteiger partial charge in [0, 0.05) is 25.1 Å². The molecule has 9 heteroatoms. The molecule has 2 aliphatic rings. The Morgan fingerprint density at radius 1 is 1.27 bits per heavy atom. The molecule has 2 atom stereocenters. The van der Waals surface area contributed by atoms with Crippen molar-refractivity contribution in [3.63, 3.8) is 0 Å². The van der Waals surface area contributed by atoms with Crippen molar-refractivity contribution in [3.8, 4) is 11.5 Å². The summed E-state index contributed by atoms with van der Waals surface area (Å²) in [5.41, 5.74) is 0.697.